The van der Waals surface area contributed by atoms with E-state index in [9.17, 15) is 4.79 Å². The lowest BCUT2D eigenvalue weighted by molar-refractivity contribution is -0.129. The summed E-state index contributed by atoms with van der Waals surface area (Å²) in [4.78, 5) is 24.3. The highest BCUT2D eigenvalue weighted by Crippen LogP contribution is 2.33. The van der Waals surface area contributed by atoms with E-state index in [0.29, 0.717) is 11.8 Å². The van der Waals surface area contributed by atoms with Crippen molar-refractivity contribution in [1.82, 2.24) is 19.4 Å². The second kappa shape index (κ2) is 8.80. The smallest absolute Gasteiger partial charge is 0.232 e. The van der Waals surface area contributed by atoms with E-state index < -0.39 is 0 Å². The van der Waals surface area contributed by atoms with Gasteiger partial charge in [0.15, 0.2) is 5.65 Å². The first kappa shape index (κ1) is 19.6. The number of hydrogen-bond donors (Lipinski definition) is 0. The second-order valence-corrected chi connectivity index (χ2v) is 9.35. The highest BCUT2D eigenvalue weighted by molar-refractivity contribution is 7.99. The third-order valence-electron chi connectivity index (χ3n) is 6.40. The van der Waals surface area contributed by atoms with Gasteiger partial charge in [-0.15, -0.1) is 11.8 Å². The lowest BCUT2D eigenvalue weighted by atomic mass is 9.95. The topological polar surface area (TPSA) is 51.0 Å². The van der Waals surface area contributed by atoms with Crippen LogP contribution in [0.4, 0.5) is 0 Å². The minimum atomic E-state index is 0.230. The molecular weight excluding hydrogens is 392 g/mol. The zero-order valence-electron chi connectivity index (χ0n) is 17.3. The molecule has 0 unspecified atom stereocenters. The van der Waals surface area contributed by atoms with Crippen LogP contribution in [0.2, 0.25) is 0 Å². The number of benzene rings is 1. The van der Waals surface area contributed by atoms with Crippen LogP contribution in [0.25, 0.3) is 11.2 Å². The predicted molar refractivity (Wildman–Crippen MR) is 121 cm³/mol. The molecular formula is C24H28N4OS. The van der Waals surface area contributed by atoms with Gasteiger partial charge in [-0.1, -0.05) is 43.5 Å². The third kappa shape index (κ3) is 3.97. The predicted octanol–water partition coefficient (Wildman–Crippen LogP) is 4.75. The van der Waals surface area contributed by atoms with Gasteiger partial charge in [-0.3, -0.25) is 4.79 Å². The van der Waals surface area contributed by atoms with Crippen LogP contribution < -0.4 is 0 Å². The highest BCUT2D eigenvalue weighted by Gasteiger charge is 2.23. The van der Waals surface area contributed by atoms with Crippen LogP contribution in [0.3, 0.4) is 0 Å². The fourth-order valence-electron chi connectivity index (χ4n) is 4.83. The fraction of sp³-hybridized carbons (Fsp3) is 0.458. The standard InChI is InChI=1S/C24H28N4OS/c29-23(27-14-12-18-7-4-5-8-19(18)15-27)17-30-16-22-26-21-11-6-13-25-24(21)28(22)20-9-2-1-3-10-20/h4-8,11,13,20H,1-3,9-10,12,14-17H2. The molecule has 156 valence electrons. The largest absolute Gasteiger partial charge is 0.337 e. The van der Waals surface area contributed by atoms with Gasteiger partial charge < -0.3 is 9.47 Å². The van der Waals surface area contributed by atoms with Crippen molar-refractivity contribution in [2.75, 3.05) is 12.3 Å². The molecule has 1 aliphatic heterocycles. The van der Waals surface area contributed by atoms with Crippen molar-refractivity contribution >= 4 is 28.8 Å². The number of thioether (sulfide) groups is 1. The average Bonchev–Trinajstić information content (AvgIpc) is 3.17. The molecule has 5 rings (SSSR count). The van der Waals surface area contributed by atoms with Crippen LogP contribution in [0.15, 0.2) is 42.6 Å². The molecule has 2 aliphatic rings. The minimum Gasteiger partial charge on any atom is -0.337 e. The number of fused-ring (bicyclic) bond motifs is 2. The van der Waals surface area contributed by atoms with E-state index in [-0.39, 0.29) is 5.91 Å². The van der Waals surface area contributed by atoms with E-state index >= 15 is 0 Å². The van der Waals surface area contributed by atoms with Gasteiger partial charge in [-0.05, 0) is 42.5 Å². The first-order valence-corrected chi connectivity index (χ1v) is 12.2. The molecule has 1 aromatic carbocycles. The molecule has 0 N–H and O–H groups in total. The van der Waals surface area contributed by atoms with Gasteiger partial charge in [0.1, 0.15) is 11.3 Å². The molecule has 1 aliphatic carbocycles. The van der Waals surface area contributed by atoms with Crippen LogP contribution in [0.1, 0.15) is 55.1 Å². The molecule has 0 saturated heterocycles. The Labute approximate surface area is 181 Å². The number of nitrogens with zero attached hydrogens (tertiary/aromatic N) is 4. The van der Waals surface area contributed by atoms with Gasteiger partial charge in [-0.2, -0.15) is 0 Å². The van der Waals surface area contributed by atoms with Crippen molar-refractivity contribution in [3.05, 3.63) is 59.5 Å². The quantitative estimate of drug-likeness (QED) is 0.597. The molecule has 0 atom stereocenters. The van der Waals surface area contributed by atoms with Crippen molar-refractivity contribution < 1.29 is 4.79 Å². The van der Waals surface area contributed by atoms with Crippen molar-refractivity contribution in [2.45, 2.75) is 56.9 Å². The Kier molecular flexibility index (Phi) is 5.75. The zero-order valence-corrected chi connectivity index (χ0v) is 18.1. The molecule has 2 aromatic heterocycles. The van der Waals surface area contributed by atoms with Crippen molar-refractivity contribution in [2.24, 2.45) is 0 Å². The third-order valence-corrected chi connectivity index (χ3v) is 7.32. The number of rotatable bonds is 5. The maximum absolute atomic E-state index is 12.8. The van der Waals surface area contributed by atoms with Gasteiger partial charge >= 0.3 is 0 Å². The Morgan fingerprint density at radius 1 is 1.07 bits per heavy atom. The summed E-state index contributed by atoms with van der Waals surface area (Å²) in [5.41, 5.74) is 4.63. The highest BCUT2D eigenvalue weighted by atomic mass is 32.2. The molecule has 30 heavy (non-hydrogen) atoms. The van der Waals surface area contributed by atoms with Crippen LogP contribution in [0.5, 0.6) is 0 Å². The Balaban J connectivity index is 1.26. The zero-order chi connectivity index (χ0) is 20.3. The second-order valence-electron chi connectivity index (χ2n) is 8.36. The summed E-state index contributed by atoms with van der Waals surface area (Å²) in [6.45, 7) is 1.56. The monoisotopic (exact) mass is 420 g/mol. The number of imidazole rings is 1. The molecule has 5 nitrogen and oxygen atoms in total. The molecule has 1 fully saturated rings. The number of aromatic nitrogens is 3. The van der Waals surface area contributed by atoms with Crippen molar-refractivity contribution in [1.29, 1.82) is 0 Å². The van der Waals surface area contributed by atoms with Gasteiger partial charge in [0.05, 0.1) is 11.5 Å². The van der Waals surface area contributed by atoms with Crippen LogP contribution >= 0.6 is 11.8 Å². The van der Waals surface area contributed by atoms with Crippen molar-refractivity contribution in [3.63, 3.8) is 0 Å². The first-order valence-electron chi connectivity index (χ1n) is 11.0. The van der Waals surface area contributed by atoms with Crippen LogP contribution in [-0.4, -0.2) is 37.6 Å². The van der Waals surface area contributed by atoms with E-state index in [1.54, 1.807) is 11.8 Å². The molecule has 0 spiro atoms. The Bertz CT molecular complexity index is 1040. The van der Waals surface area contributed by atoms with Gasteiger partial charge in [-0.25, -0.2) is 9.97 Å². The first-order chi connectivity index (χ1) is 14.8. The molecule has 3 aromatic rings. The number of hydrogen-bond acceptors (Lipinski definition) is 4. The summed E-state index contributed by atoms with van der Waals surface area (Å²) in [6.07, 6.45) is 9.09. The molecule has 6 heteroatoms. The number of amides is 1. The van der Waals surface area contributed by atoms with E-state index in [0.717, 1.165) is 42.3 Å². The molecule has 0 bridgehead atoms. The van der Waals surface area contributed by atoms with Crippen LogP contribution in [0, 0.1) is 0 Å². The number of carbonyl (C=O) groups excluding carboxylic acids is 1. The van der Waals surface area contributed by atoms with Crippen LogP contribution in [-0.2, 0) is 23.5 Å². The maximum Gasteiger partial charge on any atom is 0.232 e. The van der Waals surface area contributed by atoms with Crippen molar-refractivity contribution in [3.8, 4) is 0 Å². The lowest BCUT2D eigenvalue weighted by Crippen LogP contribution is -2.37. The number of carbonyl (C=O) groups is 1. The van der Waals surface area contributed by atoms with Gasteiger partial charge in [0.25, 0.3) is 0 Å². The average molecular weight is 421 g/mol. The molecule has 1 saturated carbocycles. The van der Waals surface area contributed by atoms with E-state index in [1.807, 2.05) is 23.2 Å². The Morgan fingerprint density at radius 3 is 2.77 bits per heavy atom. The Hall–Kier alpha value is -2.34. The summed E-state index contributed by atoms with van der Waals surface area (Å²) in [5, 5.41) is 0. The summed E-state index contributed by atoms with van der Waals surface area (Å²) in [6, 6.07) is 13.0. The summed E-state index contributed by atoms with van der Waals surface area (Å²) in [5.74, 6) is 2.55. The molecule has 1 amide bonds. The summed E-state index contributed by atoms with van der Waals surface area (Å²) < 4.78 is 2.36. The number of pyridine rings is 1. The molecule has 0 radical (unpaired) electrons. The fourth-order valence-corrected chi connectivity index (χ4v) is 5.68. The van der Waals surface area contributed by atoms with E-state index in [2.05, 4.69) is 33.8 Å². The molecule has 3 heterocycles. The minimum absolute atomic E-state index is 0.230. The van der Waals surface area contributed by atoms with E-state index in [1.165, 1.54) is 43.2 Å². The lowest BCUT2D eigenvalue weighted by Gasteiger charge is -2.29. The SMILES string of the molecule is O=C(CSCc1nc2cccnc2n1C1CCCCC1)N1CCc2ccccc2C1. The Morgan fingerprint density at radius 2 is 1.90 bits per heavy atom. The maximum atomic E-state index is 12.8. The normalized spacial score (nSPS) is 17.3. The summed E-state index contributed by atoms with van der Waals surface area (Å²) in [7, 11) is 0. The summed E-state index contributed by atoms with van der Waals surface area (Å²) >= 11 is 1.68. The van der Waals surface area contributed by atoms with Gasteiger partial charge in [0, 0.05) is 25.3 Å². The van der Waals surface area contributed by atoms with E-state index in [4.69, 9.17) is 4.98 Å². The van der Waals surface area contributed by atoms with Gasteiger partial charge in [0.2, 0.25) is 5.91 Å².